The zero-order valence-electron chi connectivity index (χ0n) is 11.4. The van der Waals surface area contributed by atoms with Crippen LogP contribution < -0.4 is 58.2 Å². The molecule has 6 heteroatoms. The summed E-state index contributed by atoms with van der Waals surface area (Å²) >= 11 is 0. The van der Waals surface area contributed by atoms with Gasteiger partial charge in [-0.25, -0.2) is 4.18 Å². The largest absolute Gasteiger partial charge is 1.00 e. The molecular formula is C10H23O4RbS. The summed E-state index contributed by atoms with van der Waals surface area (Å²) in [5, 5.41) is 0. The minimum Gasteiger partial charge on any atom is -1.00 e. The second-order valence-corrected chi connectivity index (χ2v) is 4.82. The Balaban J connectivity index is -0.000000980. The van der Waals surface area contributed by atoms with Gasteiger partial charge < -0.3 is 1.43 Å². The fraction of sp³-hybridized carbons (Fsp3) is 1.00. The number of hydrogen-bond donors (Lipinski definition) is 1. The molecule has 0 aliphatic heterocycles. The SMILES string of the molecule is CCCCCCCCCCOS(=O)(=O)O.[H-].[Rb+]. The number of hydrogen-bond acceptors (Lipinski definition) is 3. The Kier molecular flexibility index (Phi) is 16.4. The van der Waals surface area contributed by atoms with E-state index in [1.165, 1.54) is 32.1 Å². The van der Waals surface area contributed by atoms with E-state index in [1.807, 2.05) is 0 Å². The monoisotopic (exact) mass is 324 g/mol. The molecular weight excluding hydrogens is 302 g/mol. The first-order valence-corrected chi connectivity index (χ1v) is 7.04. The summed E-state index contributed by atoms with van der Waals surface area (Å²) in [7, 11) is -4.23. The van der Waals surface area contributed by atoms with E-state index in [0.717, 1.165) is 12.8 Å². The summed E-state index contributed by atoms with van der Waals surface area (Å²) in [6.07, 6.45) is 9.05. The Labute approximate surface area is 150 Å². The van der Waals surface area contributed by atoms with Gasteiger partial charge in [0, 0.05) is 0 Å². The van der Waals surface area contributed by atoms with Crippen LogP contribution in [0.25, 0.3) is 0 Å². The van der Waals surface area contributed by atoms with E-state index < -0.39 is 10.4 Å². The van der Waals surface area contributed by atoms with Crippen LogP contribution in [0.5, 0.6) is 0 Å². The molecule has 4 nitrogen and oxygen atoms in total. The van der Waals surface area contributed by atoms with Crippen LogP contribution in [0.4, 0.5) is 0 Å². The maximum Gasteiger partial charge on any atom is 1.00 e. The van der Waals surface area contributed by atoms with Crippen molar-refractivity contribution in [2.45, 2.75) is 58.3 Å². The Morgan fingerprint density at radius 2 is 1.44 bits per heavy atom. The van der Waals surface area contributed by atoms with Crippen LogP contribution in [-0.4, -0.2) is 19.6 Å². The van der Waals surface area contributed by atoms with Gasteiger partial charge in [0.2, 0.25) is 0 Å². The molecule has 16 heavy (non-hydrogen) atoms. The van der Waals surface area contributed by atoms with Gasteiger partial charge in [0.1, 0.15) is 0 Å². The molecule has 0 aromatic rings. The molecule has 1 N–H and O–H groups in total. The molecule has 0 aliphatic carbocycles. The van der Waals surface area contributed by atoms with Crippen molar-refractivity contribution in [2.75, 3.05) is 6.61 Å². The third kappa shape index (κ3) is 18.1. The third-order valence-electron chi connectivity index (χ3n) is 2.23. The van der Waals surface area contributed by atoms with Gasteiger partial charge in [-0.15, -0.1) is 0 Å². The van der Waals surface area contributed by atoms with Gasteiger partial charge >= 0.3 is 68.6 Å². The minimum absolute atomic E-state index is 0. The molecule has 0 bridgehead atoms. The van der Waals surface area contributed by atoms with E-state index >= 15 is 0 Å². The maximum atomic E-state index is 10.2. The summed E-state index contributed by atoms with van der Waals surface area (Å²) < 4.78 is 32.8. The van der Waals surface area contributed by atoms with Crippen LogP contribution in [-0.2, 0) is 14.6 Å². The normalized spacial score (nSPS) is 11.1. The maximum absolute atomic E-state index is 10.2. The fourth-order valence-electron chi connectivity index (χ4n) is 1.40. The minimum atomic E-state index is -4.23. The van der Waals surface area contributed by atoms with Gasteiger partial charge in [-0.2, -0.15) is 8.42 Å². The number of rotatable bonds is 10. The molecule has 0 heterocycles. The van der Waals surface area contributed by atoms with Crippen LogP contribution >= 0.6 is 0 Å². The zero-order valence-corrected chi connectivity index (χ0v) is 16.2. The van der Waals surface area contributed by atoms with E-state index in [2.05, 4.69) is 11.1 Å². The predicted molar refractivity (Wildman–Crippen MR) is 61.2 cm³/mol. The van der Waals surface area contributed by atoms with Gasteiger partial charge in [0.25, 0.3) is 0 Å². The topological polar surface area (TPSA) is 63.6 Å². The first-order chi connectivity index (χ1) is 7.06. The molecule has 0 fully saturated rings. The molecule has 0 unspecified atom stereocenters. The molecule has 0 aromatic heterocycles. The van der Waals surface area contributed by atoms with Gasteiger partial charge in [0.15, 0.2) is 0 Å². The van der Waals surface area contributed by atoms with Gasteiger partial charge in [-0.05, 0) is 6.42 Å². The average molecular weight is 325 g/mol. The van der Waals surface area contributed by atoms with Gasteiger partial charge in [-0.1, -0.05) is 51.9 Å². The molecule has 0 aromatic carbocycles. The summed E-state index contributed by atoms with van der Waals surface area (Å²) in [5.74, 6) is 0. The molecule has 0 saturated heterocycles. The molecule has 0 aliphatic rings. The summed E-state index contributed by atoms with van der Waals surface area (Å²) in [5.41, 5.74) is 0. The summed E-state index contributed by atoms with van der Waals surface area (Å²) in [6, 6.07) is 0. The zero-order chi connectivity index (χ0) is 11.6. The van der Waals surface area contributed by atoms with Crippen molar-refractivity contribution in [2.24, 2.45) is 0 Å². The van der Waals surface area contributed by atoms with Crippen molar-refractivity contribution >= 4 is 10.4 Å². The molecule has 0 radical (unpaired) electrons. The summed E-state index contributed by atoms with van der Waals surface area (Å²) in [4.78, 5) is 0. The van der Waals surface area contributed by atoms with Crippen LogP contribution in [0.2, 0.25) is 0 Å². The van der Waals surface area contributed by atoms with Gasteiger partial charge in [-0.3, -0.25) is 4.55 Å². The van der Waals surface area contributed by atoms with Crippen molar-refractivity contribution in [3.63, 3.8) is 0 Å². The quantitative estimate of drug-likeness (QED) is 0.456. The molecule has 94 valence electrons. The Hall–Kier alpha value is 1.68. The standard InChI is InChI=1S/C10H22O4S.Rb.H/c1-2-3-4-5-6-7-8-9-10-14-15(11,12)13;;/h2-10H2,1H3,(H,11,12,13);;/q;+1;-1. The molecule has 0 rings (SSSR count). The Morgan fingerprint density at radius 3 is 1.88 bits per heavy atom. The Morgan fingerprint density at radius 1 is 1.00 bits per heavy atom. The van der Waals surface area contributed by atoms with Crippen molar-refractivity contribution in [3.05, 3.63) is 0 Å². The van der Waals surface area contributed by atoms with E-state index in [-0.39, 0.29) is 66.2 Å². The Bertz CT molecular complexity index is 234. The number of unbranched alkanes of at least 4 members (excludes halogenated alkanes) is 7. The van der Waals surface area contributed by atoms with Crippen molar-refractivity contribution in [1.82, 2.24) is 0 Å². The van der Waals surface area contributed by atoms with Crippen LogP contribution in [0.15, 0.2) is 0 Å². The van der Waals surface area contributed by atoms with E-state index in [9.17, 15) is 8.42 Å². The van der Waals surface area contributed by atoms with Crippen molar-refractivity contribution < 1.29 is 76.8 Å². The predicted octanol–water partition coefficient (Wildman–Crippen LogP) is 0.0630. The molecule has 0 amide bonds. The molecule has 0 spiro atoms. The van der Waals surface area contributed by atoms with Gasteiger partial charge in [0.05, 0.1) is 6.61 Å². The second kappa shape index (κ2) is 13.1. The molecule has 0 atom stereocenters. The van der Waals surface area contributed by atoms with Crippen molar-refractivity contribution in [1.29, 1.82) is 0 Å². The van der Waals surface area contributed by atoms with E-state index in [0.29, 0.717) is 6.42 Å². The second-order valence-electron chi connectivity index (χ2n) is 3.72. The van der Waals surface area contributed by atoms with Crippen LogP contribution in [0.1, 0.15) is 59.7 Å². The smallest absolute Gasteiger partial charge is 1.00 e. The average Bonchev–Trinajstić information content (AvgIpc) is 2.14. The first-order valence-electron chi connectivity index (χ1n) is 5.68. The summed E-state index contributed by atoms with van der Waals surface area (Å²) in [6.45, 7) is 2.28. The molecule has 0 saturated carbocycles. The van der Waals surface area contributed by atoms with Crippen LogP contribution in [0, 0.1) is 0 Å². The third-order valence-corrected chi connectivity index (χ3v) is 2.69. The van der Waals surface area contributed by atoms with Crippen LogP contribution in [0.3, 0.4) is 0 Å². The first kappa shape index (κ1) is 20.0. The van der Waals surface area contributed by atoms with Crippen molar-refractivity contribution in [3.8, 4) is 0 Å². The van der Waals surface area contributed by atoms with E-state index in [1.54, 1.807) is 0 Å². The van der Waals surface area contributed by atoms with E-state index in [4.69, 9.17) is 4.55 Å². The fourth-order valence-corrected chi connectivity index (χ4v) is 1.73.